The summed E-state index contributed by atoms with van der Waals surface area (Å²) >= 11 is 0. The number of rotatable bonds is 4. The number of hydrogen-bond donors (Lipinski definition) is 2. The molecule has 6 nitrogen and oxygen atoms in total. The Morgan fingerprint density at radius 1 is 1.40 bits per heavy atom. The Balaban J connectivity index is 2.43. The predicted molar refractivity (Wildman–Crippen MR) is 77.3 cm³/mol. The second kappa shape index (κ2) is 5.64. The second-order valence-electron chi connectivity index (χ2n) is 4.43. The number of methoxy groups -OCH3 is 1. The lowest BCUT2D eigenvalue weighted by atomic mass is 10.0. The van der Waals surface area contributed by atoms with E-state index in [1.165, 1.54) is 7.11 Å². The molecule has 2 aromatic rings. The van der Waals surface area contributed by atoms with Crippen LogP contribution in [0.2, 0.25) is 0 Å². The van der Waals surface area contributed by atoms with Crippen molar-refractivity contribution in [3.63, 3.8) is 0 Å². The molecule has 0 bridgehead atoms. The average Bonchev–Trinajstić information content (AvgIpc) is 2.90. The summed E-state index contributed by atoms with van der Waals surface area (Å²) in [6.07, 6.45) is 4.05. The molecule has 0 atom stereocenters. The van der Waals surface area contributed by atoms with Crippen LogP contribution >= 0.6 is 0 Å². The largest absolute Gasteiger partial charge is 0.465 e. The van der Waals surface area contributed by atoms with Gasteiger partial charge in [-0.15, -0.1) is 0 Å². The number of nitrogens with zero attached hydrogens (tertiary/aromatic N) is 2. The summed E-state index contributed by atoms with van der Waals surface area (Å²) in [4.78, 5) is 15.8. The molecule has 106 valence electrons. The van der Waals surface area contributed by atoms with Crippen LogP contribution in [0.5, 0.6) is 0 Å². The summed E-state index contributed by atoms with van der Waals surface area (Å²) < 4.78 is 6.72. The van der Waals surface area contributed by atoms with Gasteiger partial charge in [0.05, 0.1) is 24.7 Å². The standard InChI is InChI=1S/C14H18N4O2/c1-3-18-8-17-7-9(18)6-11-12(15)5-4-10(13(11)16)14(19)20-2/h4-5,7-8H,3,6,15-16H2,1-2H3. The lowest BCUT2D eigenvalue weighted by Crippen LogP contribution is -2.11. The van der Waals surface area contributed by atoms with Crippen LogP contribution in [0.25, 0.3) is 0 Å². The maximum Gasteiger partial charge on any atom is 0.339 e. The van der Waals surface area contributed by atoms with Crippen LogP contribution < -0.4 is 11.5 Å². The number of aryl methyl sites for hydroxylation is 1. The molecule has 1 heterocycles. The van der Waals surface area contributed by atoms with Gasteiger partial charge in [-0.2, -0.15) is 0 Å². The van der Waals surface area contributed by atoms with Gasteiger partial charge >= 0.3 is 5.97 Å². The highest BCUT2D eigenvalue weighted by molar-refractivity contribution is 5.97. The molecule has 0 aliphatic rings. The van der Waals surface area contributed by atoms with E-state index in [4.69, 9.17) is 16.2 Å². The molecule has 0 unspecified atom stereocenters. The van der Waals surface area contributed by atoms with Crippen molar-refractivity contribution in [2.75, 3.05) is 18.6 Å². The van der Waals surface area contributed by atoms with Gasteiger partial charge in [0, 0.05) is 36.1 Å². The van der Waals surface area contributed by atoms with E-state index >= 15 is 0 Å². The summed E-state index contributed by atoms with van der Waals surface area (Å²) in [5.41, 5.74) is 15.0. The quantitative estimate of drug-likeness (QED) is 0.649. The van der Waals surface area contributed by atoms with Crippen molar-refractivity contribution in [3.05, 3.63) is 41.5 Å². The van der Waals surface area contributed by atoms with Gasteiger partial charge in [0.25, 0.3) is 0 Å². The number of anilines is 2. The maximum atomic E-state index is 11.7. The number of benzene rings is 1. The van der Waals surface area contributed by atoms with Gasteiger partial charge < -0.3 is 20.8 Å². The molecule has 20 heavy (non-hydrogen) atoms. The Morgan fingerprint density at radius 3 is 2.80 bits per heavy atom. The summed E-state index contributed by atoms with van der Waals surface area (Å²) in [5, 5.41) is 0. The van der Waals surface area contributed by atoms with Crippen LogP contribution in [0.15, 0.2) is 24.7 Å². The molecule has 0 fully saturated rings. The molecular formula is C14H18N4O2. The van der Waals surface area contributed by atoms with Crippen molar-refractivity contribution in [1.29, 1.82) is 0 Å². The Morgan fingerprint density at radius 2 is 2.15 bits per heavy atom. The summed E-state index contributed by atoms with van der Waals surface area (Å²) in [5.74, 6) is -0.465. The van der Waals surface area contributed by atoms with E-state index in [9.17, 15) is 4.79 Å². The number of carbonyl (C=O) groups excluding carboxylic acids is 1. The zero-order valence-corrected chi connectivity index (χ0v) is 11.6. The van der Waals surface area contributed by atoms with E-state index < -0.39 is 5.97 Å². The first kappa shape index (κ1) is 13.9. The smallest absolute Gasteiger partial charge is 0.339 e. The zero-order valence-electron chi connectivity index (χ0n) is 11.6. The van der Waals surface area contributed by atoms with Gasteiger partial charge in [0.1, 0.15) is 0 Å². The monoisotopic (exact) mass is 274 g/mol. The molecule has 1 aromatic carbocycles. The van der Waals surface area contributed by atoms with E-state index in [2.05, 4.69) is 4.98 Å². The first-order valence-corrected chi connectivity index (χ1v) is 6.32. The highest BCUT2D eigenvalue weighted by atomic mass is 16.5. The normalized spacial score (nSPS) is 10.5. The van der Waals surface area contributed by atoms with Crippen LogP contribution in [0.3, 0.4) is 0 Å². The Bertz CT molecular complexity index is 634. The highest BCUT2D eigenvalue weighted by Crippen LogP contribution is 2.27. The van der Waals surface area contributed by atoms with Gasteiger partial charge in [-0.05, 0) is 19.1 Å². The van der Waals surface area contributed by atoms with Crippen LogP contribution in [0.1, 0.15) is 28.5 Å². The Kier molecular flexibility index (Phi) is 3.93. The van der Waals surface area contributed by atoms with Crippen LogP contribution in [-0.4, -0.2) is 22.6 Å². The molecule has 0 amide bonds. The number of hydrogen-bond acceptors (Lipinski definition) is 5. The average molecular weight is 274 g/mol. The molecular weight excluding hydrogens is 256 g/mol. The first-order valence-electron chi connectivity index (χ1n) is 6.32. The van der Waals surface area contributed by atoms with Crippen LogP contribution in [0.4, 0.5) is 11.4 Å². The topological polar surface area (TPSA) is 96.2 Å². The molecule has 0 radical (unpaired) electrons. The molecule has 0 aliphatic heterocycles. The number of aromatic nitrogens is 2. The minimum Gasteiger partial charge on any atom is -0.465 e. The van der Waals surface area contributed by atoms with Gasteiger partial charge in [0.15, 0.2) is 0 Å². The third-order valence-electron chi connectivity index (χ3n) is 3.30. The molecule has 0 saturated carbocycles. The molecule has 2 rings (SSSR count). The Hall–Kier alpha value is -2.50. The highest BCUT2D eigenvalue weighted by Gasteiger charge is 2.16. The molecule has 6 heteroatoms. The third kappa shape index (κ3) is 2.45. The van der Waals surface area contributed by atoms with Gasteiger partial charge in [-0.1, -0.05) is 0 Å². The summed E-state index contributed by atoms with van der Waals surface area (Å²) in [6.45, 7) is 2.84. The lowest BCUT2D eigenvalue weighted by molar-refractivity contribution is 0.0602. The minimum atomic E-state index is -0.465. The molecule has 0 saturated heterocycles. The minimum absolute atomic E-state index is 0.333. The van der Waals surface area contributed by atoms with Crippen LogP contribution in [-0.2, 0) is 17.7 Å². The number of carbonyl (C=O) groups is 1. The lowest BCUT2D eigenvalue weighted by Gasteiger charge is -2.13. The fourth-order valence-electron chi connectivity index (χ4n) is 2.13. The number of nitrogens with two attached hydrogens (primary N) is 2. The summed E-state index contributed by atoms with van der Waals surface area (Å²) in [6, 6.07) is 3.25. The molecule has 0 spiro atoms. The number of imidazole rings is 1. The van der Waals surface area contributed by atoms with E-state index in [0.29, 0.717) is 23.4 Å². The Labute approximate surface area is 117 Å². The fraction of sp³-hybridized carbons (Fsp3) is 0.286. The zero-order chi connectivity index (χ0) is 14.7. The van der Waals surface area contributed by atoms with E-state index in [0.717, 1.165) is 17.8 Å². The molecule has 0 aliphatic carbocycles. The van der Waals surface area contributed by atoms with Crippen molar-refractivity contribution < 1.29 is 9.53 Å². The number of nitrogen functional groups attached to an aromatic ring is 2. The van der Waals surface area contributed by atoms with Crippen molar-refractivity contribution in [3.8, 4) is 0 Å². The van der Waals surface area contributed by atoms with Gasteiger partial charge in [-0.3, -0.25) is 0 Å². The third-order valence-corrected chi connectivity index (χ3v) is 3.30. The van der Waals surface area contributed by atoms with Gasteiger partial charge in [0.2, 0.25) is 0 Å². The second-order valence-corrected chi connectivity index (χ2v) is 4.43. The van der Waals surface area contributed by atoms with Gasteiger partial charge in [-0.25, -0.2) is 9.78 Å². The summed E-state index contributed by atoms with van der Waals surface area (Å²) in [7, 11) is 1.32. The van der Waals surface area contributed by atoms with Crippen molar-refractivity contribution in [1.82, 2.24) is 9.55 Å². The predicted octanol–water partition coefficient (Wildman–Crippen LogP) is 1.44. The van der Waals surface area contributed by atoms with Crippen molar-refractivity contribution in [2.24, 2.45) is 0 Å². The van der Waals surface area contributed by atoms with E-state index in [1.54, 1.807) is 24.7 Å². The van der Waals surface area contributed by atoms with E-state index in [-0.39, 0.29) is 0 Å². The fourth-order valence-corrected chi connectivity index (χ4v) is 2.13. The van der Waals surface area contributed by atoms with Crippen molar-refractivity contribution in [2.45, 2.75) is 19.9 Å². The number of ether oxygens (including phenoxy) is 1. The van der Waals surface area contributed by atoms with Crippen LogP contribution in [0, 0.1) is 0 Å². The van der Waals surface area contributed by atoms with E-state index in [1.807, 2.05) is 11.5 Å². The van der Waals surface area contributed by atoms with Crippen molar-refractivity contribution >= 4 is 17.3 Å². The first-order chi connectivity index (χ1) is 9.58. The molecule has 4 N–H and O–H groups in total. The molecule has 1 aromatic heterocycles. The maximum absolute atomic E-state index is 11.7. The number of esters is 1. The SMILES string of the molecule is CCn1cncc1Cc1c(N)ccc(C(=O)OC)c1N.